The van der Waals surface area contributed by atoms with Crippen LogP contribution in [-0.4, -0.2) is 11.8 Å². The number of aryl methyl sites for hydroxylation is 2. The van der Waals surface area contributed by atoms with E-state index < -0.39 is 35.1 Å². The van der Waals surface area contributed by atoms with Gasteiger partial charge in [-0.15, -0.1) is 36.4 Å². The Labute approximate surface area is 239 Å². The molecule has 0 aliphatic rings. The fourth-order valence-corrected chi connectivity index (χ4v) is 3.25. The second-order valence-corrected chi connectivity index (χ2v) is 8.08. The molecular formula is C30H24F4N2O2Ti. The minimum Gasteiger partial charge on any atom is -0.373 e. The summed E-state index contributed by atoms with van der Waals surface area (Å²) in [6.07, 6.45) is 1.76. The van der Waals surface area contributed by atoms with Gasteiger partial charge in [0.15, 0.2) is 0 Å². The van der Waals surface area contributed by atoms with Crippen molar-refractivity contribution in [1.29, 1.82) is 0 Å². The summed E-state index contributed by atoms with van der Waals surface area (Å²) in [4.78, 5) is 23.7. The molecule has 0 radical (unpaired) electrons. The van der Waals surface area contributed by atoms with Gasteiger partial charge in [-0.3, -0.25) is 9.59 Å². The van der Waals surface area contributed by atoms with E-state index in [1.165, 1.54) is 12.1 Å². The normalized spacial score (nSPS) is 10.0. The van der Waals surface area contributed by atoms with Crippen LogP contribution in [0.2, 0.25) is 0 Å². The third-order valence-corrected chi connectivity index (χ3v) is 5.47. The van der Waals surface area contributed by atoms with Crippen LogP contribution in [0, 0.1) is 35.4 Å². The Bertz CT molecular complexity index is 1300. The summed E-state index contributed by atoms with van der Waals surface area (Å²) in [5.74, 6) is -4.33. The Kier molecular flexibility index (Phi) is 12.1. The van der Waals surface area contributed by atoms with E-state index >= 15 is 0 Å². The molecule has 0 aliphatic carbocycles. The van der Waals surface area contributed by atoms with Gasteiger partial charge >= 0.3 is 21.7 Å². The molecule has 4 nitrogen and oxygen atoms in total. The predicted octanol–water partition coefficient (Wildman–Crippen LogP) is 7.16. The van der Waals surface area contributed by atoms with E-state index in [0.717, 1.165) is 36.1 Å². The standard InChI is InChI=1S/2C15H12F2NO.Ti/c2*1-2-10-3-5-11(6-4-10)15(19)18-14-8-7-12(16)9-13(14)17;/h2*3-8H,2H2,1H3,(H,18,19);/q2*-1;+2. The Hall–Kier alpha value is -3.75. The van der Waals surface area contributed by atoms with E-state index in [-0.39, 0.29) is 33.1 Å². The van der Waals surface area contributed by atoms with Crippen LogP contribution >= 0.6 is 0 Å². The summed E-state index contributed by atoms with van der Waals surface area (Å²) in [5.41, 5.74) is 2.87. The second kappa shape index (κ2) is 15.0. The zero-order valence-corrected chi connectivity index (χ0v) is 22.7. The molecule has 2 amide bonds. The van der Waals surface area contributed by atoms with Crippen molar-refractivity contribution in [2.45, 2.75) is 26.7 Å². The van der Waals surface area contributed by atoms with Crippen molar-refractivity contribution in [3.8, 4) is 0 Å². The van der Waals surface area contributed by atoms with Gasteiger partial charge in [0.05, 0.1) is 0 Å². The average molecular weight is 568 g/mol. The first-order valence-electron chi connectivity index (χ1n) is 11.7. The maximum Gasteiger partial charge on any atom is 2.00 e. The van der Waals surface area contributed by atoms with Crippen molar-refractivity contribution in [2.75, 3.05) is 10.6 Å². The molecule has 0 saturated carbocycles. The SMILES string of the molecule is CCc1ccc(C(=O)Nc2ccc(F)[c-]c2F)cc1.CCc1ccc(C(=O)Nc2ccc(F)[c-]c2F)cc1.[Ti+2]. The molecule has 0 heterocycles. The van der Waals surface area contributed by atoms with Crippen LogP contribution in [0.15, 0.2) is 72.8 Å². The molecule has 9 heteroatoms. The molecule has 0 atom stereocenters. The van der Waals surface area contributed by atoms with Crippen molar-refractivity contribution in [1.82, 2.24) is 0 Å². The minimum absolute atomic E-state index is 0. The van der Waals surface area contributed by atoms with Gasteiger partial charge in [0, 0.05) is 34.4 Å². The van der Waals surface area contributed by atoms with Gasteiger partial charge in [-0.05, 0) is 59.6 Å². The molecule has 0 spiro atoms. The van der Waals surface area contributed by atoms with Gasteiger partial charge in [0.25, 0.3) is 0 Å². The van der Waals surface area contributed by atoms with Crippen molar-refractivity contribution in [3.63, 3.8) is 0 Å². The molecule has 0 unspecified atom stereocenters. The van der Waals surface area contributed by atoms with Crippen molar-refractivity contribution < 1.29 is 48.9 Å². The Morgan fingerprint density at radius 2 is 0.923 bits per heavy atom. The molecule has 4 rings (SSSR count). The minimum atomic E-state index is -0.918. The zero-order chi connectivity index (χ0) is 27.7. The Morgan fingerprint density at radius 3 is 1.21 bits per heavy atom. The number of carbonyl (C=O) groups excluding carboxylic acids is 2. The Morgan fingerprint density at radius 1 is 0.590 bits per heavy atom. The fourth-order valence-electron chi connectivity index (χ4n) is 3.25. The summed E-state index contributed by atoms with van der Waals surface area (Å²) in [5, 5.41) is 4.76. The number of halogens is 4. The van der Waals surface area contributed by atoms with Gasteiger partial charge < -0.3 is 10.6 Å². The van der Waals surface area contributed by atoms with Gasteiger partial charge in [-0.1, -0.05) is 38.1 Å². The van der Waals surface area contributed by atoms with Gasteiger partial charge in [0.1, 0.15) is 0 Å². The van der Waals surface area contributed by atoms with Crippen LogP contribution in [0.5, 0.6) is 0 Å². The van der Waals surface area contributed by atoms with Gasteiger partial charge in [-0.25, -0.2) is 17.6 Å². The molecule has 39 heavy (non-hydrogen) atoms. The van der Waals surface area contributed by atoms with E-state index in [1.807, 2.05) is 50.2 Å². The number of benzene rings is 4. The first-order valence-corrected chi connectivity index (χ1v) is 11.7. The number of nitrogens with one attached hydrogen (secondary N) is 2. The first-order chi connectivity index (χ1) is 18.2. The van der Waals surface area contributed by atoms with Crippen molar-refractivity contribution in [2.24, 2.45) is 0 Å². The number of anilines is 2. The van der Waals surface area contributed by atoms with Crippen LogP contribution in [-0.2, 0) is 34.6 Å². The molecule has 2 N–H and O–H groups in total. The molecule has 4 aromatic carbocycles. The molecule has 0 bridgehead atoms. The number of amides is 2. The predicted molar refractivity (Wildman–Crippen MR) is 138 cm³/mol. The smallest absolute Gasteiger partial charge is 0.373 e. The van der Waals surface area contributed by atoms with Gasteiger partial charge in [-0.2, -0.15) is 0 Å². The summed E-state index contributed by atoms with van der Waals surface area (Å²) in [7, 11) is 0. The fraction of sp³-hybridized carbons (Fsp3) is 0.133. The number of hydrogen-bond donors (Lipinski definition) is 2. The van der Waals surface area contributed by atoms with E-state index in [1.54, 1.807) is 24.3 Å². The zero-order valence-electron chi connectivity index (χ0n) is 21.2. The van der Waals surface area contributed by atoms with Crippen LogP contribution in [0.4, 0.5) is 28.9 Å². The number of hydrogen-bond acceptors (Lipinski definition) is 2. The van der Waals surface area contributed by atoms with Crippen molar-refractivity contribution >= 4 is 23.2 Å². The molecule has 0 aliphatic heterocycles. The molecule has 0 fully saturated rings. The maximum absolute atomic E-state index is 13.3. The Balaban J connectivity index is 0.000000267. The maximum atomic E-state index is 13.3. The molecule has 4 aromatic rings. The van der Waals surface area contributed by atoms with E-state index in [4.69, 9.17) is 0 Å². The summed E-state index contributed by atoms with van der Waals surface area (Å²) in [6.45, 7) is 4.03. The van der Waals surface area contributed by atoms with Crippen LogP contribution in [0.1, 0.15) is 45.7 Å². The average Bonchev–Trinajstić information content (AvgIpc) is 2.92. The topological polar surface area (TPSA) is 58.2 Å². The van der Waals surface area contributed by atoms with E-state index in [9.17, 15) is 27.2 Å². The van der Waals surface area contributed by atoms with E-state index in [0.29, 0.717) is 11.1 Å². The third-order valence-electron chi connectivity index (χ3n) is 5.47. The van der Waals surface area contributed by atoms with E-state index in [2.05, 4.69) is 10.6 Å². The molecule has 0 saturated heterocycles. The van der Waals surface area contributed by atoms with Gasteiger partial charge in [0.2, 0.25) is 11.8 Å². The monoisotopic (exact) mass is 568 g/mol. The molecule has 198 valence electrons. The molecule has 0 aromatic heterocycles. The summed E-state index contributed by atoms with van der Waals surface area (Å²) >= 11 is 0. The number of rotatable bonds is 6. The van der Waals surface area contributed by atoms with Crippen LogP contribution in [0.3, 0.4) is 0 Å². The summed E-state index contributed by atoms with van der Waals surface area (Å²) in [6, 6.07) is 22.2. The quantitative estimate of drug-likeness (QED) is 0.147. The van der Waals surface area contributed by atoms with Crippen LogP contribution in [0.25, 0.3) is 0 Å². The molecular weight excluding hydrogens is 544 g/mol. The summed E-state index contributed by atoms with van der Waals surface area (Å²) < 4.78 is 52.0. The van der Waals surface area contributed by atoms with Crippen LogP contribution < -0.4 is 10.6 Å². The third kappa shape index (κ3) is 9.19. The largest absolute Gasteiger partial charge is 2.00 e. The number of carbonyl (C=O) groups is 2. The van der Waals surface area contributed by atoms with Crippen molar-refractivity contribution in [3.05, 3.63) is 130 Å². The second-order valence-electron chi connectivity index (χ2n) is 8.08. The first kappa shape index (κ1) is 31.5.